The van der Waals surface area contributed by atoms with Gasteiger partial charge >= 0.3 is 0 Å². The van der Waals surface area contributed by atoms with E-state index >= 15 is 0 Å². The van der Waals surface area contributed by atoms with Gasteiger partial charge in [0.25, 0.3) is 0 Å². The predicted molar refractivity (Wildman–Crippen MR) is 105 cm³/mol. The van der Waals surface area contributed by atoms with Crippen LogP contribution in [-0.2, 0) is 17.8 Å². The molecule has 8 heteroatoms. The van der Waals surface area contributed by atoms with Crippen molar-refractivity contribution in [3.8, 4) is 0 Å². The Hall–Kier alpha value is -2.32. The molecule has 1 aromatic carbocycles. The van der Waals surface area contributed by atoms with E-state index in [4.69, 9.17) is 4.42 Å². The van der Waals surface area contributed by atoms with Crippen LogP contribution in [0.25, 0.3) is 0 Å². The highest BCUT2D eigenvalue weighted by atomic mass is 32.2. The number of carbonyl (C=O) groups is 1. The molecule has 3 aromatic rings. The zero-order valence-electron chi connectivity index (χ0n) is 14.6. The van der Waals surface area contributed by atoms with Crippen LogP contribution in [0.5, 0.6) is 0 Å². The summed E-state index contributed by atoms with van der Waals surface area (Å²) in [6.07, 6.45) is 2.62. The summed E-state index contributed by atoms with van der Waals surface area (Å²) in [5.41, 5.74) is 2.27. The van der Waals surface area contributed by atoms with E-state index in [1.54, 1.807) is 18.2 Å². The average Bonchev–Trinajstić information content (AvgIpc) is 3.32. The molecule has 0 aliphatic rings. The second-order valence-electron chi connectivity index (χ2n) is 5.67. The lowest BCUT2D eigenvalue weighted by atomic mass is 10.1. The van der Waals surface area contributed by atoms with Gasteiger partial charge in [-0.1, -0.05) is 42.2 Å². The van der Waals surface area contributed by atoms with Gasteiger partial charge in [-0.15, -0.1) is 10.2 Å². The molecular formula is C18H20N4O2S2. The first-order valence-corrected chi connectivity index (χ1v) is 10.0. The number of nitrogens with one attached hydrogen (secondary N) is 1. The Bertz CT molecular complexity index is 831. The van der Waals surface area contributed by atoms with Crippen LogP contribution in [-0.4, -0.2) is 33.8 Å². The highest BCUT2D eigenvalue weighted by Gasteiger charge is 2.13. The Morgan fingerprint density at radius 2 is 2.08 bits per heavy atom. The molecule has 0 aliphatic carbocycles. The van der Waals surface area contributed by atoms with Crippen molar-refractivity contribution in [1.29, 1.82) is 0 Å². The van der Waals surface area contributed by atoms with Crippen molar-refractivity contribution in [3.63, 3.8) is 0 Å². The van der Waals surface area contributed by atoms with Crippen LogP contribution in [0, 0.1) is 0 Å². The van der Waals surface area contributed by atoms with Gasteiger partial charge in [-0.05, 0) is 36.2 Å². The van der Waals surface area contributed by atoms with Gasteiger partial charge < -0.3 is 14.6 Å². The lowest BCUT2D eigenvalue weighted by Gasteiger charge is -2.14. The van der Waals surface area contributed by atoms with Crippen LogP contribution in [0.15, 0.2) is 51.4 Å². The van der Waals surface area contributed by atoms with E-state index < -0.39 is 0 Å². The number of furan rings is 1. The van der Waals surface area contributed by atoms with Gasteiger partial charge in [-0.2, -0.15) is 0 Å². The highest BCUT2D eigenvalue weighted by Crippen LogP contribution is 2.28. The number of rotatable bonds is 8. The lowest BCUT2D eigenvalue weighted by molar-refractivity contribution is -0.127. The number of nitrogens with zero attached hydrogens (tertiary/aromatic N) is 3. The van der Waals surface area contributed by atoms with Gasteiger partial charge in [-0.25, -0.2) is 0 Å². The maximum atomic E-state index is 12.2. The smallest absolute Gasteiger partial charge is 0.233 e. The SMILES string of the molecule is CCc1ccc(Nc2nnc(SCC(=O)N(C)Cc3ccco3)s2)cc1. The van der Waals surface area contributed by atoms with Crippen molar-refractivity contribution in [2.45, 2.75) is 24.2 Å². The van der Waals surface area contributed by atoms with Gasteiger partial charge in [0.05, 0.1) is 18.6 Å². The van der Waals surface area contributed by atoms with E-state index in [-0.39, 0.29) is 5.91 Å². The third-order valence-electron chi connectivity index (χ3n) is 3.74. The Labute approximate surface area is 160 Å². The van der Waals surface area contributed by atoms with Crippen LogP contribution < -0.4 is 5.32 Å². The fourth-order valence-corrected chi connectivity index (χ4v) is 3.94. The summed E-state index contributed by atoms with van der Waals surface area (Å²) in [6.45, 7) is 2.59. The van der Waals surface area contributed by atoms with Crippen molar-refractivity contribution in [1.82, 2.24) is 15.1 Å². The number of thioether (sulfide) groups is 1. The number of carbonyl (C=O) groups excluding carboxylic acids is 1. The average molecular weight is 389 g/mol. The fourth-order valence-electron chi connectivity index (χ4n) is 2.22. The number of benzene rings is 1. The van der Waals surface area contributed by atoms with E-state index in [2.05, 4.69) is 34.6 Å². The Morgan fingerprint density at radius 1 is 1.27 bits per heavy atom. The molecule has 26 heavy (non-hydrogen) atoms. The summed E-state index contributed by atoms with van der Waals surface area (Å²) in [6, 6.07) is 11.9. The van der Waals surface area contributed by atoms with Gasteiger partial charge in [0.2, 0.25) is 11.0 Å². The fraction of sp³-hybridized carbons (Fsp3) is 0.278. The second-order valence-corrected chi connectivity index (χ2v) is 7.87. The highest BCUT2D eigenvalue weighted by molar-refractivity contribution is 8.01. The summed E-state index contributed by atoms with van der Waals surface area (Å²) >= 11 is 2.83. The van der Waals surface area contributed by atoms with E-state index in [0.717, 1.165) is 22.2 Å². The quantitative estimate of drug-likeness (QED) is 0.584. The first-order chi connectivity index (χ1) is 12.6. The second kappa shape index (κ2) is 8.86. The first kappa shape index (κ1) is 18.5. The number of hydrogen-bond donors (Lipinski definition) is 1. The molecule has 1 N–H and O–H groups in total. The molecule has 0 radical (unpaired) electrons. The van der Waals surface area contributed by atoms with Crippen molar-refractivity contribution in [3.05, 3.63) is 54.0 Å². The summed E-state index contributed by atoms with van der Waals surface area (Å²) in [5.74, 6) is 1.10. The zero-order valence-corrected chi connectivity index (χ0v) is 16.3. The molecule has 2 aromatic heterocycles. The molecule has 0 aliphatic heterocycles. The third kappa shape index (κ3) is 5.09. The van der Waals surface area contributed by atoms with E-state index in [1.165, 1.54) is 28.7 Å². The first-order valence-electron chi connectivity index (χ1n) is 8.22. The van der Waals surface area contributed by atoms with Crippen LogP contribution in [0.1, 0.15) is 18.2 Å². The lowest BCUT2D eigenvalue weighted by Crippen LogP contribution is -2.27. The normalized spacial score (nSPS) is 10.7. The maximum Gasteiger partial charge on any atom is 0.233 e. The summed E-state index contributed by atoms with van der Waals surface area (Å²) in [7, 11) is 1.76. The van der Waals surface area contributed by atoms with E-state index in [1.807, 2.05) is 24.3 Å². The zero-order chi connectivity index (χ0) is 18.4. The van der Waals surface area contributed by atoms with E-state index in [0.29, 0.717) is 17.4 Å². The number of anilines is 2. The summed E-state index contributed by atoms with van der Waals surface area (Å²) in [5, 5.41) is 12.2. The molecule has 3 rings (SSSR count). The monoisotopic (exact) mass is 388 g/mol. The molecule has 136 valence electrons. The topological polar surface area (TPSA) is 71.3 Å². The van der Waals surface area contributed by atoms with Gasteiger partial charge in [0, 0.05) is 12.7 Å². The van der Waals surface area contributed by atoms with Crippen molar-refractivity contribution in [2.75, 3.05) is 18.1 Å². The molecule has 0 saturated heterocycles. The predicted octanol–water partition coefficient (Wildman–Crippen LogP) is 4.19. The summed E-state index contributed by atoms with van der Waals surface area (Å²) in [4.78, 5) is 13.8. The van der Waals surface area contributed by atoms with Crippen LogP contribution in [0.4, 0.5) is 10.8 Å². The van der Waals surface area contributed by atoms with Crippen LogP contribution in [0.3, 0.4) is 0 Å². The van der Waals surface area contributed by atoms with Gasteiger partial charge in [0.15, 0.2) is 4.34 Å². The van der Waals surface area contributed by atoms with Gasteiger partial charge in [0.1, 0.15) is 5.76 Å². The molecule has 1 amide bonds. The minimum atomic E-state index is 0.0197. The van der Waals surface area contributed by atoms with Crippen molar-refractivity contribution >= 4 is 39.8 Å². The van der Waals surface area contributed by atoms with Gasteiger partial charge in [-0.3, -0.25) is 4.79 Å². The number of aromatic nitrogens is 2. The Kier molecular flexibility index (Phi) is 6.30. The minimum absolute atomic E-state index is 0.0197. The molecule has 0 unspecified atom stereocenters. The number of aryl methyl sites for hydroxylation is 1. The molecule has 0 saturated carbocycles. The third-order valence-corrected chi connectivity index (χ3v) is 5.69. The van der Waals surface area contributed by atoms with Crippen molar-refractivity contribution < 1.29 is 9.21 Å². The Morgan fingerprint density at radius 3 is 2.77 bits per heavy atom. The standard InChI is InChI=1S/C18H20N4O2S2/c1-3-13-6-8-14(9-7-13)19-17-20-21-18(26-17)25-12-16(23)22(2)11-15-5-4-10-24-15/h4-10H,3,11-12H2,1-2H3,(H,19,20). The molecule has 0 fully saturated rings. The van der Waals surface area contributed by atoms with Crippen molar-refractivity contribution in [2.24, 2.45) is 0 Å². The number of amides is 1. The number of hydrogen-bond acceptors (Lipinski definition) is 7. The molecule has 2 heterocycles. The van der Waals surface area contributed by atoms with Crippen LogP contribution in [0.2, 0.25) is 0 Å². The molecule has 6 nitrogen and oxygen atoms in total. The molecule has 0 atom stereocenters. The summed E-state index contributed by atoms with van der Waals surface area (Å²) < 4.78 is 6.02. The largest absolute Gasteiger partial charge is 0.467 e. The molecule has 0 spiro atoms. The molecular weight excluding hydrogens is 368 g/mol. The van der Waals surface area contributed by atoms with Crippen LogP contribution >= 0.6 is 23.1 Å². The van der Waals surface area contributed by atoms with E-state index in [9.17, 15) is 4.79 Å². The maximum absolute atomic E-state index is 12.2. The Balaban J connectivity index is 1.49. The molecule has 0 bridgehead atoms. The minimum Gasteiger partial charge on any atom is -0.467 e.